The first-order valence-electron chi connectivity index (χ1n) is 6.27. The van der Waals surface area contributed by atoms with Crippen LogP contribution in [0.5, 0.6) is 0 Å². The summed E-state index contributed by atoms with van der Waals surface area (Å²) in [4.78, 5) is 10.7. The molecule has 0 aromatic heterocycles. The zero-order chi connectivity index (χ0) is 13.1. The lowest BCUT2D eigenvalue weighted by molar-refractivity contribution is -0.385. The van der Waals surface area contributed by atoms with Gasteiger partial charge in [0.25, 0.3) is 5.69 Å². The molecule has 98 valence electrons. The predicted octanol–water partition coefficient (Wildman–Crippen LogP) is 2.75. The van der Waals surface area contributed by atoms with Gasteiger partial charge in [-0.25, -0.2) is 0 Å². The van der Waals surface area contributed by atoms with Crippen molar-refractivity contribution < 1.29 is 9.66 Å². The minimum Gasteiger partial charge on any atom is -0.379 e. The maximum absolute atomic E-state index is 11.0. The summed E-state index contributed by atoms with van der Waals surface area (Å²) in [6.45, 7) is 4.68. The molecule has 0 saturated carbocycles. The molecule has 1 aromatic rings. The molecule has 0 aliphatic carbocycles. The highest BCUT2D eigenvalue weighted by molar-refractivity contribution is 5.55. The summed E-state index contributed by atoms with van der Waals surface area (Å²) in [6.07, 6.45) is 1.75. The summed E-state index contributed by atoms with van der Waals surface area (Å²) >= 11 is 0. The smallest absolute Gasteiger partial charge is 0.274 e. The molecule has 1 aromatic carbocycles. The summed E-state index contributed by atoms with van der Waals surface area (Å²) in [5.41, 5.74) is 1.75. The molecule has 1 fully saturated rings. The zero-order valence-corrected chi connectivity index (χ0v) is 10.7. The van der Waals surface area contributed by atoms with Crippen molar-refractivity contribution in [2.75, 3.05) is 11.9 Å². The SMILES string of the molecule is CCc1ccc(NC2CCOC2C)cc1[N+](=O)[O-]. The van der Waals surface area contributed by atoms with E-state index in [2.05, 4.69) is 5.32 Å². The van der Waals surface area contributed by atoms with Gasteiger partial charge in [-0.2, -0.15) is 0 Å². The molecule has 1 N–H and O–H groups in total. The van der Waals surface area contributed by atoms with E-state index < -0.39 is 0 Å². The molecule has 1 saturated heterocycles. The summed E-state index contributed by atoms with van der Waals surface area (Å²) in [5.74, 6) is 0. The largest absolute Gasteiger partial charge is 0.379 e. The molecule has 0 amide bonds. The zero-order valence-electron chi connectivity index (χ0n) is 10.7. The Morgan fingerprint density at radius 1 is 1.56 bits per heavy atom. The van der Waals surface area contributed by atoms with Crippen LogP contribution >= 0.6 is 0 Å². The minimum atomic E-state index is -0.321. The van der Waals surface area contributed by atoms with Crippen LogP contribution in [0.1, 0.15) is 25.8 Å². The van der Waals surface area contributed by atoms with Crippen LogP contribution in [-0.4, -0.2) is 23.7 Å². The number of hydrogen-bond acceptors (Lipinski definition) is 4. The molecule has 0 radical (unpaired) electrons. The van der Waals surface area contributed by atoms with E-state index in [0.29, 0.717) is 6.42 Å². The van der Waals surface area contributed by atoms with Crippen molar-refractivity contribution in [1.82, 2.24) is 0 Å². The monoisotopic (exact) mass is 250 g/mol. The quantitative estimate of drug-likeness (QED) is 0.659. The molecule has 2 unspecified atom stereocenters. The van der Waals surface area contributed by atoms with Crippen molar-refractivity contribution in [3.05, 3.63) is 33.9 Å². The average Bonchev–Trinajstić information content (AvgIpc) is 2.75. The fourth-order valence-electron chi connectivity index (χ4n) is 2.26. The van der Waals surface area contributed by atoms with Gasteiger partial charge < -0.3 is 10.1 Å². The highest BCUT2D eigenvalue weighted by Gasteiger charge is 2.24. The molecule has 0 spiro atoms. The van der Waals surface area contributed by atoms with Crippen LogP contribution < -0.4 is 5.32 Å². The van der Waals surface area contributed by atoms with Gasteiger partial charge in [0.05, 0.1) is 17.1 Å². The summed E-state index contributed by atoms with van der Waals surface area (Å²) in [7, 11) is 0. The van der Waals surface area contributed by atoms with Crippen LogP contribution in [0, 0.1) is 10.1 Å². The molecule has 1 heterocycles. The van der Waals surface area contributed by atoms with E-state index in [0.717, 1.165) is 24.3 Å². The maximum Gasteiger partial charge on any atom is 0.274 e. The first-order chi connectivity index (χ1) is 8.61. The topological polar surface area (TPSA) is 64.4 Å². The standard InChI is InChI=1S/C13H18N2O3/c1-3-10-4-5-11(8-13(10)15(16)17)14-12-6-7-18-9(12)2/h4-5,8-9,12,14H,3,6-7H2,1-2H3. The van der Waals surface area contributed by atoms with Gasteiger partial charge in [0.1, 0.15) is 0 Å². The van der Waals surface area contributed by atoms with Gasteiger partial charge in [0.15, 0.2) is 0 Å². The number of hydrogen-bond donors (Lipinski definition) is 1. The van der Waals surface area contributed by atoms with Crippen molar-refractivity contribution >= 4 is 11.4 Å². The average molecular weight is 250 g/mol. The van der Waals surface area contributed by atoms with E-state index in [1.165, 1.54) is 0 Å². The second-order valence-electron chi connectivity index (χ2n) is 4.57. The van der Waals surface area contributed by atoms with Gasteiger partial charge in [0.2, 0.25) is 0 Å². The van der Waals surface area contributed by atoms with Gasteiger partial charge >= 0.3 is 0 Å². The van der Waals surface area contributed by atoms with E-state index in [4.69, 9.17) is 4.74 Å². The highest BCUT2D eigenvalue weighted by Crippen LogP contribution is 2.26. The molecule has 18 heavy (non-hydrogen) atoms. The number of nitro benzene ring substituents is 1. The van der Waals surface area contributed by atoms with Crippen LogP contribution in [0.15, 0.2) is 18.2 Å². The Kier molecular flexibility index (Phi) is 3.81. The Balaban J connectivity index is 2.18. The summed E-state index contributed by atoms with van der Waals surface area (Å²) < 4.78 is 5.46. The van der Waals surface area contributed by atoms with Crippen molar-refractivity contribution in [3.63, 3.8) is 0 Å². The number of benzene rings is 1. The van der Waals surface area contributed by atoms with Gasteiger partial charge in [-0.1, -0.05) is 13.0 Å². The molecule has 2 atom stereocenters. The number of nitrogens with one attached hydrogen (secondary N) is 1. The Bertz CT molecular complexity index is 448. The number of aryl methyl sites for hydroxylation is 1. The Morgan fingerprint density at radius 3 is 2.89 bits per heavy atom. The van der Waals surface area contributed by atoms with Crippen LogP contribution in [0.2, 0.25) is 0 Å². The number of nitro groups is 1. The van der Waals surface area contributed by atoms with Crippen LogP contribution in [0.3, 0.4) is 0 Å². The molecule has 1 aliphatic heterocycles. The second-order valence-corrected chi connectivity index (χ2v) is 4.57. The number of anilines is 1. The Morgan fingerprint density at radius 2 is 2.33 bits per heavy atom. The Labute approximate surface area is 106 Å². The predicted molar refractivity (Wildman–Crippen MR) is 69.9 cm³/mol. The normalized spacial score (nSPS) is 23.0. The lowest BCUT2D eigenvalue weighted by atomic mass is 10.1. The fraction of sp³-hybridized carbons (Fsp3) is 0.538. The fourth-order valence-corrected chi connectivity index (χ4v) is 2.26. The molecule has 5 nitrogen and oxygen atoms in total. The van der Waals surface area contributed by atoms with Crippen LogP contribution in [0.4, 0.5) is 11.4 Å². The van der Waals surface area contributed by atoms with E-state index in [9.17, 15) is 10.1 Å². The third-order valence-corrected chi connectivity index (χ3v) is 3.39. The minimum absolute atomic E-state index is 0.148. The molecule has 0 bridgehead atoms. The Hall–Kier alpha value is -1.62. The third-order valence-electron chi connectivity index (χ3n) is 3.39. The second kappa shape index (κ2) is 5.35. The van der Waals surface area contributed by atoms with Gasteiger partial charge in [-0.15, -0.1) is 0 Å². The third kappa shape index (κ3) is 2.61. The van der Waals surface area contributed by atoms with Gasteiger partial charge in [-0.05, 0) is 25.8 Å². The van der Waals surface area contributed by atoms with E-state index in [1.807, 2.05) is 26.0 Å². The van der Waals surface area contributed by atoms with E-state index >= 15 is 0 Å². The van der Waals surface area contributed by atoms with Crippen molar-refractivity contribution in [2.45, 2.75) is 38.8 Å². The van der Waals surface area contributed by atoms with Crippen LogP contribution in [0.25, 0.3) is 0 Å². The molecule has 2 rings (SSSR count). The van der Waals surface area contributed by atoms with E-state index in [-0.39, 0.29) is 22.8 Å². The number of nitrogens with zero attached hydrogens (tertiary/aromatic N) is 1. The first kappa shape index (κ1) is 12.8. The lowest BCUT2D eigenvalue weighted by Gasteiger charge is -2.17. The summed E-state index contributed by atoms with van der Waals surface area (Å²) in [5, 5.41) is 14.3. The molecule has 5 heteroatoms. The lowest BCUT2D eigenvalue weighted by Crippen LogP contribution is -2.26. The highest BCUT2D eigenvalue weighted by atomic mass is 16.6. The first-order valence-corrected chi connectivity index (χ1v) is 6.27. The number of ether oxygens (including phenoxy) is 1. The maximum atomic E-state index is 11.0. The number of rotatable bonds is 4. The molecule has 1 aliphatic rings. The van der Waals surface area contributed by atoms with Crippen molar-refractivity contribution in [1.29, 1.82) is 0 Å². The van der Waals surface area contributed by atoms with Gasteiger partial charge in [-0.3, -0.25) is 10.1 Å². The van der Waals surface area contributed by atoms with Crippen molar-refractivity contribution in [3.8, 4) is 0 Å². The van der Waals surface area contributed by atoms with E-state index in [1.54, 1.807) is 6.07 Å². The van der Waals surface area contributed by atoms with Crippen molar-refractivity contribution in [2.24, 2.45) is 0 Å². The molecular formula is C13H18N2O3. The molecular weight excluding hydrogens is 232 g/mol. The van der Waals surface area contributed by atoms with Gasteiger partial charge in [0, 0.05) is 23.9 Å². The van der Waals surface area contributed by atoms with Crippen LogP contribution in [-0.2, 0) is 11.2 Å². The summed E-state index contributed by atoms with van der Waals surface area (Å²) in [6, 6.07) is 5.57.